The Morgan fingerprint density at radius 1 is 1.16 bits per heavy atom. The fourth-order valence-electron chi connectivity index (χ4n) is 1.86. The van der Waals surface area contributed by atoms with Crippen LogP contribution in [0, 0.1) is 0 Å². The summed E-state index contributed by atoms with van der Waals surface area (Å²) in [6.45, 7) is 1.49. The Balaban J connectivity index is 1.98. The number of hydrogen-bond acceptors (Lipinski definition) is 4. The molecule has 102 valence electrons. The van der Waals surface area contributed by atoms with E-state index in [4.69, 9.17) is 9.47 Å². The lowest BCUT2D eigenvalue weighted by Gasteiger charge is -2.12. The van der Waals surface area contributed by atoms with Crippen LogP contribution >= 0.6 is 11.3 Å². The third-order valence-electron chi connectivity index (χ3n) is 2.84. The van der Waals surface area contributed by atoms with Crippen LogP contribution in [0.25, 0.3) is 0 Å². The number of ether oxygens (including phenoxy) is 2. The normalized spacial score (nSPS) is 10.4. The molecule has 0 aliphatic heterocycles. The molecule has 2 rings (SSSR count). The quantitative estimate of drug-likeness (QED) is 0.843. The zero-order valence-corrected chi connectivity index (χ0v) is 12.1. The number of hydrogen-bond donors (Lipinski definition) is 1. The Hall–Kier alpha value is -1.52. The Bertz CT molecular complexity index is 497. The maximum atomic E-state index is 5.84. The predicted octanol–water partition coefficient (Wildman–Crippen LogP) is 3.10. The van der Waals surface area contributed by atoms with Crippen molar-refractivity contribution in [2.45, 2.75) is 13.0 Å². The summed E-state index contributed by atoms with van der Waals surface area (Å²) in [4.78, 5) is 0. The lowest BCUT2D eigenvalue weighted by molar-refractivity contribution is 0.297. The first-order chi connectivity index (χ1) is 9.33. The molecule has 2 aromatic rings. The van der Waals surface area contributed by atoms with E-state index in [0.29, 0.717) is 6.61 Å². The monoisotopic (exact) mass is 277 g/mol. The van der Waals surface area contributed by atoms with Gasteiger partial charge in [-0.25, -0.2) is 0 Å². The number of benzene rings is 1. The van der Waals surface area contributed by atoms with Crippen LogP contribution in [0.5, 0.6) is 11.5 Å². The number of rotatable bonds is 7. The van der Waals surface area contributed by atoms with Crippen molar-refractivity contribution in [1.82, 2.24) is 5.32 Å². The maximum Gasteiger partial charge on any atom is 0.161 e. The van der Waals surface area contributed by atoms with Crippen LogP contribution < -0.4 is 14.8 Å². The maximum absolute atomic E-state index is 5.84. The van der Waals surface area contributed by atoms with Crippen LogP contribution in [-0.4, -0.2) is 20.8 Å². The second kappa shape index (κ2) is 7.16. The molecule has 19 heavy (non-hydrogen) atoms. The molecule has 1 aromatic carbocycles. The van der Waals surface area contributed by atoms with E-state index < -0.39 is 0 Å². The largest absolute Gasteiger partial charge is 0.493 e. The molecule has 0 unspecified atom stereocenters. The van der Waals surface area contributed by atoms with Crippen molar-refractivity contribution in [2.24, 2.45) is 0 Å². The number of nitrogens with one attached hydrogen (secondary N) is 1. The molecule has 4 heteroatoms. The molecule has 0 aliphatic rings. The van der Waals surface area contributed by atoms with Gasteiger partial charge in [0, 0.05) is 13.0 Å². The van der Waals surface area contributed by atoms with E-state index in [9.17, 15) is 0 Å². The van der Waals surface area contributed by atoms with Crippen LogP contribution in [0.1, 0.15) is 11.1 Å². The first kappa shape index (κ1) is 13.9. The molecule has 0 bridgehead atoms. The lowest BCUT2D eigenvalue weighted by atomic mass is 10.2. The summed E-state index contributed by atoms with van der Waals surface area (Å²) < 4.78 is 11.2. The van der Waals surface area contributed by atoms with Crippen molar-refractivity contribution in [3.8, 4) is 11.5 Å². The van der Waals surface area contributed by atoms with E-state index in [1.54, 1.807) is 18.4 Å². The highest BCUT2D eigenvalue weighted by molar-refractivity contribution is 7.07. The average molecular weight is 277 g/mol. The van der Waals surface area contributed by atoms with Gasteiger partial charge in [0.25, 0.3) is 0 Å². The molecule has 0 aliphatic carbocycles. The van der Waals surface area contributed by atoms with Crippen LogP contribution in [-0.2, 0) is 13.0 Å². The fraction of sp³-hybridized carbons (Fsp3) is 0.333. The lowest BCUT2D eigenvalue weighted by Crippen LogP contribution is -2.06. The highest BCUT2D eigenvalue weighted by Crippen LogP contribution is 2.28. The summed E-state index contributed by atoms with van der Waals surface area (Å²) in [5, 5.41) is 7.37. The topological polar surface area (TPSA) is 30.5 Å². The third-order valence-corrected chi connectivity index (χ3v) is 3.57. The number of thiophene rings is 1. The summed E-state index contributed by atoms with van der Waals surface area (Å²) in [5.74, 6) is 1.59. The van der Waals surface area contributed by atoms with Crippen molar-refractivity contribution < 1.29 is 9.47 Å². The van der Waals surface area contributed by atoms with E-state index >= 15 is 0 Å². The summed E-state index contributed by atoms with van der Waals surface area (Å²) >= 11 is 1.71. The average Bonchev–Trinajstić information content (AvgIpc) is 2.93. The predicted molar refractivity (Wildman–Crippen MR) is 79.3 cm³/mol. The third kappa shape index (κ3) is 3.98. The fourth-order valence-corrected chi connectivity index (χ4v) is 2.56. The minimum absolute atomic E-state index is 0.663. The van der Waals surface area contributed by atoms with E-state index in [2.05, 4.69) is 22.1 Å². The molecule has 1 aromatic heterocycles. The molecule has 0 radical (unpaired) electrons. The summed E-state index contributed by atoms with van der Waals surface area (Å²) in [6, 6.07) is 8.15. The van der Waals surface area contributed by atoms with Gasteiger partial charge in [0.05, 0.1) is 13.7 Å². The Morgan fingerprint density at radius 2 is 2.05 bits per heavy atom. The first-order valence-electron chi connectivity index (χ1n) is 6.29. The second-order valence-corrected chi connectivity index (χ2v) is 5.03. The Kier molecular flexibility index (Phi) is 5.24. The van der Waals surface area contributed by atoms with Crippen LogP contribution in [0.3, 0.4) is 0 Å². The van der Waals surface area contributed by atoms with Gasteiger partial charge >= 0.3 is 0 Å². The van der Waals surface area contributed by atoms with E-state index in [1.807, 2.05) is 25.2 Å². The van der Waals surface area contributed by atoms with Gasteiger partial charge in [0.2, 0.25) is 0 Å². The van der Waals surface area contributed by atoms with Gasteiger partial charge in [-0.1, -0.05) is 6.07 Å². The molecule has 0 fully saturated rings. The molecule has 0 atom stereocenters. The highest BCUT2D eigenvalue weighted by atomic mass is 32.1. The molecular weight excluding hydrogens is 258 g/mol. The van der Waals surface area contributed by atoms with Crippen molar-refractivity contribution in [1.29, 1.82) is 0 Å². The van der Waals surface area contributed by atoms with Gasteiger partial charge < -0.3 is 14.8 Å². The van der Waals surface area contributed by atoms with Crippen molar-refractivity contribution in [3.63, 3.8) is 0 Å². The highest BCUT2D eigenvalue weighted by Gasteiger charge is 2.05. The van der Waals surface area contributed by atoms with Crippen LogP contribution in [0.15, 0.2) is 35.0 Å². The number of methoxy groups -OCH3 is 1. The van der Waals surface area contributed by atoms with Gasteiger partial charge in [-0.05, 0) is 47.1 Å². The zero-order chi connectivity index (χ0) is 13.5. The second-order valence-electron chi connectivity index (χ2n) is 4.25. The smallest absolute Gasteiger partial charge is 0.161 e. The molecule has 3 nitrogen and oxygen atoms in total. The minimum atomic E-state index is 0.663. The Morgan fingerprint density at radius 3 is 2.74 bits per heavy atom. The van der Waals surface area contributed by atoms with Gasteiger partial charge in [-0.3, -0.25) is 0 Å². The first-order valence-corrected chi connectivity index (χ1v) is 7.23. The molecule has 0 saturated carbocycles. The summed E-state index contributed by atoms with van der Waals surface area (Å²) in [7, 11) is 3.60. The van der Waals surface area contributed by atoms with Gasteiger partial charge in [0.1, 0.15) is 0 Å². The minimum Gasteiger partial charge on any atom is -0.493 e. The van der Waals surface area contributed by atoms with Crippen molar-refractivity contribution in [2.75, 3.05) is 20.8 Å². The molecule has 1 heterocycles. The molecular formula is C15H19NO2S. The molecule has 0 spiro atoms. The molecule has 0 saturated heterocycles. The SMILES string of the molecule is CNCc1ccc(OC)c(OCCc2ccsc2)c1. The van der Waals surface area contributed by atoms with Gasteiger partial charge in [-0.15, -0.1) is 0 Å². The van der Waals surface area contributed by atoms with Crippen LogP contribution in [0.2, 0.25) is 0 Å². The van der Waals surface area contributed by atoms with Gasteiger partial charge in [0.15, 0.2) is 11.5 Å². The van der Waals surface area contributed by atoms with Crippen molar-refractivity contribution in [3.05, 3.63) is 46.2 Å². The van der Waals surface area contributed by atoms with Crippen LogP contribution in [0.4, 0.5) is 0 Å². The van der Waals surface area contributed by atoms with Crippen molar-refractivity contribution >= 4 is 11.3 Å². The zero-order valence-electron chi connectivity index (χ0n) is 11.3. The molecule has 1 N–H and O–H groups in total. The summed E-state index contributed by atoms with van der Waals surface area (Å²) in [6.07, 6.45) is 0.920. The standard InChI is InChI=1S/C15H19NO2S/c1-16-10-13-3-4-14(17-2)15(9-13)18-7-5-12-6-8-19-11-12/h3-4,6,8-9,11,16H,5,7,10H2,1-2H3. The van der Waals surface area contributed by atoms with Gasteiger partial charge in [-0.2, -0.15) is 11.3 Å². The van der Waals surface area contributed by atoms with E-state index in [0.717, 1.165) is 24.5 Å². The Labute approximate surface area is 118 Å². The summed E-state index contributed by atoms with van der Waals surface area (Å²) in [5.41, 5.74) is 2.50. The molecule has 0 amide bonds. The van der Waals surface area contributed by atoms with E-state index in [1.165, 1.54) is 11.1 Å². The van der Waals surface area contributed by atoms with E-state index in [-0.39, 0.29) is 0 Å².